The van der Waals surface area contributed by atoms with Gasteiger partial charge >= 0.3 is 0 Å². The van der Waals surface area contributed by atoms with Gasteiger partial charge in [0.15, 0.2) is 0 Å². The number of carbonyl (C=O) groups excluding carboxylic acids is 2. The van der Waals surface area contributed by atoms with Gasteiger partial charge in [-0.05, 0) is 42.8 Å². The average Bonchev–Trinajstić information content (AvgIpc) is 3.09. The number of aryl methyl sites for hydroxylation is 1. The van der Waals surface area contributed by atoms with Gasteiger partial charge in [0.25, 0.3) is 11.7 Å². The van der Waals surface area contributed by atoms with Gasteiger partial charge in [-0.3, -0.25) is 14.5 Å². The van der Waals surface area contributed by atoms with Gasteiger partial charge in [0.2, 0.25) is 0 Å². The third-order valence-corrected chi connectivity index (χ3v) is 6.35. The van der Waals surface area contributed by atoms with Crippen LogP contribution in [0.4, 0.5) is 15.8 Å². The smallest absolute Gasteiger partial charge is 0.300 e. The molecule has 1 N–H and O–H groups in total. The maximum atomic E-state index is 15.0. The van der Waals surface area contributed by atoms with Gasteiger partial charge in [0.05, 0.1) is 23.8 Å². The molecular weight excluding hydrogens is 435 g/mol. The molecule has 1 fully saturated rings. The van der Waals surface area contributed by atoms with Crippen LogP contribution in [-0.2, 0) is 9.59 Å². The lowest BCUT2D eigenvalue weighted by atomic mass is 9.94. The summed E-state index contributed by atoms with van der Waals surface area (Å²) >= 11 is 0. The molecule has 1 saturated heterocycles. The van der Waals surface area contributed by atoms with Crippen molar-refractivity contribution in [1.29, 1.82) is 0 Å². The van der Waals surface area contributed by atoms with Crippen molar-refractivity contribution in [3.8, 4) is 5.75 Å². The summed E-state index contributed by atoms with van der Waals surface area (Å²) in [5.41, 5.74) is 2.31. The van der Waals surface area contributed by atoms with E-state index in [0.29, 0.717) is 30.2 Å². The van der Waals surface area contributed by atoms with Crippen molar-refractivity contribution in [3.63, 3.8) is 0 Å². The number of ketones is 1. The van der Waals surface area contributed by atoms with Crippen LogP contribution in [0.1, 0.15) is 22.7 Å². The molecule has 1 amide bonds. The minimum atomic E-state index is -1.12. The lowest BCUT2D eigenvalue weighted by molar-refractivity contribution is -0.132. The number of Topliss-reactive ketones (excluding diaryl/α,β-unsaturated/α-hetero) is 1. The summed E-state index contributed by atoms with van der Waals surface area (Å²) in [5, 5.41) is 11.4. The van der Waals surface area contributed by atoms with Crippen LogP contribution >= 0.6 is 0 Å². The van der Waals surface area contributed by atoms with E-state index in [1.165, 1.54) is 23.1 Å². The summed E-state index contributed by atoms with van der Waals surface area (Å²) in [7, 11) is 1.90. The number of halogens is 1. The van der Waals surface area contributed by atoms with Gasteiger partial charge in [-0.2, -0.15) is 0 Å². The molecule has 0 aliphatic carbocycles. The molecule has 5 rings (SSSR count). The normalized spacial score (nSPS) is 19.2. The topological polar surface area (TPSA) is 70.1 Å². The Bertz CT molecular complexity index is 1350. The highest BCUT2D eigenvalue weighted by Gasteiger charge is 2.48. The first kappa shape index (κ1) is 21.7. The second-order valence-corrected chi connectivity index (χ2v) is 8.43. The number of anilines is 2. The number of amides is 1. The number of aliphatic hydroxyl groups excluding tert-OH is 1. The van der Waals surface area contributed by atoms with Gasteiger partial charge < -0.3 is 14.7 Å². The Kier molecular flexibility index (Phi) is 5.32. The first-order valence-corrected chi connectivity index (χ1v) is 11.0. The molecule has 0 bridgehead atoms. The summed E-state index contributed by atoms with van der Waals surface area (Å²) < 4.78 is 20.7. The van der Waals surface area contributed by atoms with Gasteiger partial charge in [-0.1, -0.05) is 36.4 Å². The highest BCUT2D eigenvalue weighted by molar-refractivity contribution is 6.51. The number of fused-ring (bicyclic) bond motifs is 1. The van der Waals surface area contributed by atoms with Gasteiger partial charge in [-0.25, -0.2) is 4.39 Å². The van der Waals surface area contributed by atoms with Gasteiger partial charge in [0.1, 0.15) is 23.9 Å². The van der Waals surface area contributed by atoms with Crippen molar-refractivity contribution < 1.29 is 23.8 Å². The number of hydrogen-bond acceptors (Lipinski definition) is 5. The zero-order valence-electron chi connectivity index (χ0n) is 18.8. The van der Waals surface area contributed by atoms with E-state index in [2.05, 4.69) is 0 Å². The van der Waals surface area contributed by atoms with Crippen LogP contribution < -0.4 is 14.5 Å². The number of carbonyl (C=O) groups is 2. The number of aliphatic hydroxyl groups is 1. The second-order valence-electron chi connectivity index (χ2n) is 8.43. The molecule has 0 saturated carbocycles. The number of likely N-dealkylation sites (N-methyl/N-ethyl adjacent to an activating group) is 1. The van der Waals surface area contributed by atoms with Crippen LogP contribution in [0.2, 0.25) is 0 Å². The molecule has 6 nitrogen and oxygen atoms in total. The largest absolute Gasteiger partial charge is 0.507 e. The minimum Gasteiger partial charge on any atom is -0.507 e. The number of benzene rings is 3. The lowest BCUT2D eigenvalue weighted by Crippen LogP contribution is -2.30. The van der Waals surface area contributed by atoms with E-state index in [-0.39, 0.29) is 16.9 Å². The van der Waals surface area contributed by atoms with Crippen molar-refractivity contribution >= 4 is 28.8 Å². The van der Waals surface area contributed by atoms with E-state index in [4.69, 9.17) is 4.74 Å². The van der Waals surface area contributed by atoms with Crippen molar-refractivity contribution in [2.24, 2.45) is 0 Å². The molecule has 172 valence electrons. The van der Waals surface area contributed by atoms with Crippen molar-refractivity contribution in [2.75, 3.05) is 30.0 Å². The third kappa shape index (κ3) is 3.41. The maximum Gasteiger partial charge on any atom is 0.300 e. The quantitative estimate of drug-likeness (QED) is 0.353. The Balaban J connectivity index is 1.73. The SMILES string of the molecule is Cc1ccccc1N1C(=O)C(=O)/C(=C(/O)c2ccc3c(c2)N(C)CCO3)C1c1ccccc1F. The Morgan fingerprint density at radius 2 is 1.76 bits per heavy atom. The maximum absolute atomic E-state index is 15.0. The van der Waals surface area contributed by atoms with E-state index < -0.39 is 23.5 Å². The first-order chi connectivity index (χ1) is 16.4. The highest BCUT2D eigenvalue weighted by Crippen LogP contribution is 2.44. The van der Waals surface area contributed by atoms with Crippen LogP contribution in [0, 0.1) is 12.7 Å². The monoisotopic (exact) mass is 458 g/mol. The molecule has 1 unspecified atom stereocenters. The number of para-hydroxylation sites is 1. The van der Waals surface area contributed by atoms with E-state index in [1.807, 2.05) is 31.0 Å². The number of hydrogen-bond donors (Lipinski definition) is 1. The molecule has 0 radical (unpaired) electrons. The molecule has 34 heavy (non-hydrogen) atoms. The van der Waals surface area contributed by atoms with Crippen molar-refractivity contribution in [3.05, 3.63) is 94.8 Å². The zero-order valence-corrected chi connectivity index (χ0v) is 18.8. The Hall–Kier alpha value is -4.13. The van der Waals surface area contributed by atoms with Crippen molar-refractivity contribution in [1.82, 2.24) is 0 Å². The molecule has 3 aromatic rings. The van der Waals surface area contributed by atoms with Crippen LogP contribution in [0.15, 0.2) is 72.3 Å². The molecule has 2 heterocycles. The number of ether oxygens (including phenoxy) is 1. The van der Waals surface area contributed by atoms with Crippen LogP contribution in [-0.4, -0.2) is 37.0 Å². The lowest BCUT2D eigenvalue weighted by Gasteiger charge is -2.28. The molecule has 2 aliphatic rings. The molecule has 2 aliphatic heterocycles. The molecule has 0 spiro atoms. The predicted octanol–water partition coefficient (Wildman–Crippen LogP) is 4.59. The van der Waals surface area contributed by atoms with Crippen LogP contribution in [0.5, 0.6) is 5.75 Å². The van der Waals surface area contributed by atoms with E-state index in [9.17, 15) is 14.7 Å². The second kappa shape index (κ2) is 8.33. The van der Waals surface area contributed by atoms with Crippen LogP contribution in [0.25, 0.3) is 5.76 Å². The van der Waals surface area contributed by atoms with E-state index in [0.717, 1.165) is 11.3 Å². The molecule has 0 aromatic heterocycles. The fourth-order valence-corrected chi connectivity index (χ4v) is 4.56. The Labute approximate surface area is 196 Å². The molecule has 3 aromatic carbocycles. The first-order valence-electron chi connectivity index (χ1n) is 11.0. The van der Waals surface area contributed by atoms with Gasteiger partial charge in [0, 0.05) is 23.9 Å². The highest BCUT2D eigenvalue weighted by atomic mass is 19.1. The molecule has 1 atom stereocenters. The number of rotatable bonds is 3. The van der Waals surface area contributed by atoms with E-state index >= 15 is 4.39 Å². The Morgan fingerprint density at radius 3 is 2.53 bits per heavy atom. The average molecular weight is 458 g/mol. The minimum absolute atomic E-state index is 0.130. The summed E-state index contributed by atoms with van der Waals surface area (Å²) in [6.07, 6.45) is 0. The molecule has 7 heteroatoms. The fourth-order valence-electron chi connectivity index (χ4n) is 4.56. The zero-order chi connectivity index (χ0) is 24.0. The standard InChI is InChI=1S/C27H23FN2O4/c1-16-7-3-6-10-20(16)30-24(18-8-4-5-9-19(18)28)23(26(32)27(30)33)25(31)17-11-12-22-21(15-17)29(2)13-14-34-22/h3-12,15,24,31H,13-14H2,1-2H3/b25-23+. The predicted molar refractivity (Wildman–Crippen MR) is 128 cm³/mol. The van der Waals surface area contributed by atoms with Crippen LogP contribution in [0.3, 0.4) is 0 Å². The van der Waals surface area contributed by atoms with Crippen molar-refractivity contribution in [2.45, 2.75) is 13.0 Å². The summed E-state index contributed by atoms with van der Waals surface area (Å²) in [5.74, 6) is -1.95. The van der Waals surface area contributed by atoms with E-state index in [1.54, 1.807) is 36.4 Å². The van der Waals surface area contributed by atoms with Gasteiger partial charge in [-0.15, -0.1) is 0 Å². The number of nitrogens with zero attached hydrogens (tertiary/aromatic N) is 2. The summed E-state index contributed by atoms with van der Waals surface area (Å²) in [6.45, 7) is 3.03. The third-order valence-electron chi connectivity index (χ3n) is 6.35. The summed E-state index contributed by atoms with van der Waals surface area (Å²) in [4.78, 5) is 29.8. The fraction of sp³-hybridized carbons (Fsp3) is 0.185. The molecular formula is C27H23FN2O4. The Morgan fingerprint density at radius 1 is 1.03 bits per heavy atom. The summed E-state index contributed by atoms with van der Waals surface area (Å²) in [6, 6.07) is 17.0.